The molecule has 1 aliphatic carbocycles. The molecule has 0 radical (unpaired) electrons. The average molecular weight is 380 g/mol. The van der Waals surface area contributed by atoms with Gasteiger partial charge in [0.1, 0.15) is 0 Å². The van der Waals surface area contributed by atoms with Crippen molar-refractivity contribution < 1.29 is 17.9 Å². The SMILES string of the molecule is COCCCN(C(=O)Cc1ccc2c(c1)CCCC2)[C@H]1CCS(=O)(=O)C1. The Morgan fingerprint density at radius 2 is 2.00 bits per heavy atom. The summed E-state index contributed by atoms with van der Waals surface area (Å²) in [5.74, 6) is 0.305. The number of methoxy groups -OCH3 is 1. The van der Waals surface area contributed by atoms with Crippen LogP contribution in [0.5, 0.6) is 0 Å². The fraction of sp³-hybridized carbons (Fsp3) is 0.650. The van der Waals surface area contributed by atoms with Crippen molar-refractivity contribution in [3.8, 4) is 0 Å². The Morgan fingerprint density at radius 3 is 2.69 bits per heavy atom. The van der Waals surface area contributed by atoms with Gasteiger partial charge in [-0.05, 0) is 55.2 Å². The molecular weight excluding hydrogens is 350 g/mol. The van der Waals surface area contributed by atoms with E-state index in [2.05, 4.69) is 18.2 Å². The number of aryl methyl sites for hydroxylation is 2. The molecule has 5 nitrogen and oxygen atoms in total. The van der Waals surface area contributed by atoms with Gasteiger partial charge in [-0.3, -0.25) is 4.79 Å². The lowest BCUT2D eigenvalue weighted by atomic mass is 9.90. The van der Waals surface area contributed by atoms with Crippen molar-refractivity contribution in [1.29, 1.82) is 0 Å². The first-order valence-corrected chi connectivity index (χ1v) is 11.4. The minimum Gasteiger partial charge on any atom is -0.385 e. The van der Waals surface area contributed by atoms with Crippen LogP contribution in [0.25, 0.3) is 0 Å². The maximum absolute atomic E-state index is 13.0. The Labute approximate surface area is 156 Å². The van der Waals surface area contributed by atoms with E-state index in [1.54, 1.807) is 12.0 Å². The fourth-order valence-electron chi connectivity index (χ4n) is 4.08. The zero-order valence-corrected chi connectivity index (χ0v) is 16.4. The minimum absolute atomic E-state index is 0.0268. The predicted molar refractivity (Wildman–Crippen MR) is 102 cm³/mol. The van der Waals surface area contributed by atoms with Gasteiger partial charge in [-0.15, -0.1) is 0 Å². The molecule has 1 aromatic rings. The summed E-state index contributed by atoms with van der Waals surface area (Å²) in [4.78, 5) is 14.7. The van der Waals surface area contributed by atoms with Crippen LogP contribution < -0.4 is 0 Å². The van der Waals surface area contributed by atoms with E-state index in [0.717, 1.165) is 24.8 Å². The number of amides is 1. The van der Waals surface area contributed by atoms with E-state index in [4.69, 9.17) is 4.74 Å². The van der Waals surface area contributed by atoms with E-state index < -0.39 is 9.84 Å². The van der Waals surface area contributed by atoms with Gasteiger partial charge in [0.2, 0.25) is 5.91 Å². The van der Waals surface area contributed by atoms with Gasteiger partial charge in [0.15, 0.2) is 9.84 Å². The second kappa shape index (κ2) is 8.53. The molecule has 1 heterocycles. The van der Waals surface area contributed by atoms with Crippen LogP contribution in [-0.4, -0.2) is 57.0 Å². The number of benzene rings is 1. The molecule has 1 atom stereocenters. The predicted octanol–water partition coefficient (Wildman–Crippen LogP) is 2.16. The third-order valence-electron chi connectivity index (χ3n) is 5.49. The molecule has 1 aromatic carbocycles. The lowest BCUT2D eigenvalue weighted by Crippen LogP contribution is -2.42. The van der Waals surface area contributed by atoms with Crippen molar-refractivity contribution in [3.05, 3.63) is 34.9 Å². The summed E-state index contributed by atoms with van der Waals surface area (Å²) in [6.45, 7) is 1.12. The third kappa shape index (κ3) is 4.86. The van der Waals surface area contributed by atoms with Gasteiger partial charge in [-0.1, -0.05) is 18.2 Å². The summed E-state index contributed by atoms with van der Waals surface area (Å²) in [5, 5.41) is 0. The van der Waals surface area contributed by atoms with Crippen LogP contribution in [0.3, 0.4) is 0 Å². The van der Waals surface area contributed by atoms with E-state index in [1.165, 1.54) is 24.0 Å². The monoisotopic (exact) mass is 379 g/mol. The van der Waals surface area contributed by atoms with E-state index in [9.17, 15) is 13.2 Å². The Balaban J connectivity index is 1.70. The maximum Gasteiger partial charge on any atom is 0.227 e. The zero-order valence-electron chi connectivity index (χ0n) is 15.6. The molecule has 1 saturated heterocycles. The quantitative estimate of drug-likeness (QED) is 0.681. The van der Waals surface area contributed by atoms with Crippen LogP contribution in [0.4, 0.5) is 0 Å². The number of fused-ring (bicyclic) bond motifs is 1. The van der Waals surface area contributed by atoms with E-state index >= 15 is 0 Å². The van der Waals surface area contributed by atoms with Gasteiger partial charge in [0.05, 0.1) is 17.9 Å². The first kappa shape index (κ1) is 19.4. The van der Waals surface area contributed by atoms with E-state index in [0.29, 0.717) is 26.0 Å². The lowest BCUT2D eigenvalue weighted by Gasteiger charge is -2.28. The van der Waals surface area contributed by atoms with Crippen molar-refractivity contribution in [3.63, 3.8) is 0 Å². The summed E-state index contributed by atoms with van der Waals surface area (Å²) in [6, 6.07) is 6.19. The molecule has 0 unspecified atom stereocenters. The number of sulfone groups is 1. The molecule has 0 bridgehead atoms. The molecule has 1 fully saturated rings. The van der Waals surface area contributed by atoms with Crippen molar-refractivity contribution >= 4 is 15.7 Å². The Kier molecular flexibility index (Phi) is 6.35. The summed E-state index contributed by atoms with van der Waals surface area (Å²) in [7, 11) is -1.38. The van der Waals surface area contributed by atoms with Crippen LogP contribution >= 0.6 is 0 Å². The van der Waals surface area contributed by atoms with Gasteiger partial charge in [-0.2, -0.15) is 0 Å². The van der Waals surface area contributed by atoms with E-state index in [1.807, 2.05) is 0 Å². The number of carbonyl (C=O) groups is 1. The van der Waals surface area contributed by atoms with E-state index in [-0.39, 0.29) is 23.5 Å². The third-order valence-corrected chi connectivity index (χ3v) is 7.24. The number of rotatable bonds is 7. The van der Waals surface area contributed by atoms with Crippen molar-refractivity contribution in [2.45, 2.75) is 51.0 Å². The molecule has 3 rings (SSSR count). The summed E-state index contributed by atoms with van der Waals surface area (Å²) < 4.78 is 28.8. The standard InChI is InChI=1S/C20H29NO4S/c1-25-11-4-10-21(19-9-12-26(23,24)15-19)20(22)14-16-7-8-17-5-2-3-6-18(17)13-16/h7-8,13,19H,2-6,9-12,14-15H2,1H3/t19-/m0/s1. The summed E-state index contributed by atoms with van der Waals surface area (Å²) in [5.41, 5.74) is 3.82. The van der Waals surface area contributed by atoms with Crippen LogP contribution in [0.15, 0.2) is 18.2 Å². The number of hydrogen-bond acceptors (Lipinski definition) is 4. The average Bonchev–Trinajstić information content (AvgIpc) is 2.98. The first-order chi connectivity index (χ1) is 12.5. The molecule has 0 saturated carbocycles. The van der Waals surface area contributed by atoms with Gasteiger partial charge < -0.3 is 9.64 Å². The van der Waals surface area contributed by atoms with Crippen LogP contribution in [0, 0.1) is 0 Å². The summed E-state index contributed by atoms with van der Waals surface area (Å²) >= 11 is 0. The highest BCUT2D eigenvalue weighted by Crippen LogP contribution is 2.24. The smallest absolute Gasteiger partial charge is 0.227 e. The summed E-state index contributed by atoms with van der Waals surface area (Å²) in [6.07, 6.45) is 6.30. The lowest BCUT2D eigenvalue weighted by molar-refractivity contribution is -0.132. The number of carbonyl (C=O) groups excluding carboxylic acids is 1. The largest absolute Gasteiger partial charge is 0.385 e. The van der Waals surface area contributed by atoms with Crippen LogP contribution in [-0.2, 0) is 38.6 Å². The van der Waals surface area contributed by atoms with Gasteiger partial charge in [0, 0.05) is 26.3 Å². The minimum atomic E-state index is -3.01. The second-order valence-corrected chi connectivity index (χ2v) is 9.71. The highest BCUT2D eigenvalue weighted by atomic mass is 32.2. The van der Waals surface area contributed by atoms with Crippen molar-refractivity contribution in [2.24, 2.45) is 0 Å². The molecule has 6 heteroatoms. The zero-order chi connectivity index (χ0) is 18.6. The molecule has 0 N–H and O–H groups in total. The second-order valence-electron chi connectivity index (χ2n) is 7.48. The number of ether oxygens (including phenoxy) is 1. The molecule has 26 heavy (non-hydrogen) atoms. The first-order valence-electron chi connectivity index (χ1n) is 9.58. The maximum atomic E-state index is 13.0. The molecule has 2 aliphatic rings. The molecular formula is C20H29NO4S. The van der Waals surface area contributed by atoms with Crippen LogP contribution in [0.1, 0.15) is 42.4 Å². The highest BCUT2D eigenvalue weighted by Gasteiger charge is 2.34. The Hall–Kier alpha value is -1.40. The number of hydrogen-bond donors (Lipinski definition) is 0. The van der Waals surface area contributed by atoms with Gasteiger partial charge in [0.25, 0.3) is 0 Å². The molecule has 0 spiro atoms. The Bertz CT molecular complexity index is 744. The Morgan fingerprint density at radius 1 is 1.23 bits per heavy atom. The highest BCUT2D eigenvalue weighted by molar-refractivity contribution is 7.91. The normalized spacial score (nSPS) is 21.3. The van der Waals surface area contributed by atoms with Crippen molar-refractivity contribution in [2.75, 3.05) is 31.8 Å². The van der Waals surface area contributed by atoms with Gasteiger partial charge >= 0.3 is 0 Å². The molecule has 144 valence electrons. The van der Waals surface area contributed by atoms with Crippen LogP contribution in [0.2, 0.25) is 0 Å². The van der Waals surface area contributed by atoms with Crippen molar-refractivity contribution in [1.82, 2.24) is 4.90 Å². The topological polar surface area (TPSA) is 63.7 Å². The molecule has 1 aliphatic heterocycles. The number of nitrogens with zero attached hydrogens (tertiary/aromatic N) is 1. The molecule has 1 amide bonds. The van der Waals surface area contributed by atoms with Gasteiger partial charge in [-0.25, -0.2) is 8.42 Å². The molecule has 0 aromatic heterocycles. The fourth-order valence-corrected chi connectivity index (χ4v) is 5.81.